The summed E-state index contributed by atoms with van der Waals surface area (Å²) in [6.45, 7) is 0. The smallest absolute Gasteiger partial charge is 0.220 e. The lowest BCUT2D eigenvalue weighted by atomic mass is 9.96. The molecule has 0 amide bonds. The molecule has 0 radical (unpaired) electrons. The summed E-state index contributed by atoms with van der Waals surface area (Å²) in [5.41, 5.74) is 7.28. The van der Waals surface area contributed by atoms with Crippen LogP contribution in [0.5, 0.6) is 0 Å². The third kappa shape index (κ3) is 2.87. The van der Waals surface area contributed by atoms with E-state index in [1.54, 1.807) is 12.4 Å². The van der Waals surface area contributed by atoms with E-state index in [-0.39, 0.29) is 12.0 Å². The van der Waals surface area contributed by atoms with Crippen LogP contribution < -0.4 is 5.73 Å². The fraction of sp³-hybridized carbons (Fsp3) is 0.467. The molecule has 108 valence electrons. The van der Waals surface area contributed by atoms with E-state index >= 15 is 0 Å². The summed E-state index contributed by atoms with van der Waals surface area (Å²) < 4.78 is 1.92. The molecule has 6 nitrogen and oxygen atoms in total. The summed E-state index contributed by atoms with van der Waals surface area (Å²) in [6, 6.07) is 4.26. The van der Waals surface area contributed by atoms with Crippen molar-refractivity contribution in [3.05, 3.63) is 24.7 Å². The molecular weight excluding hydrogens is 264 g/mol. The Balaban J connectivity index is 1.87. The van der Waals surface area contributed by atoms with Crippen molar-refractivity contribution in [2.75, 3.05) is 5.73 Å². The maximum atomic E-state index is 9.09. The summed E-state index contributed by atoms with van der Waals surface area (Å²) in [7, 11) is 0. The SMILES string of the molecule is N#CCC(C1CCCC1)n1cc(-c2ccnc(N)n2)cn1. The molecule has 0 bridgehead atoms. The van der Waals surface area contributed by atoms with Gasteiger partial charge in [-0.2, -0.15) is 10.4 Å². The van der Waals surface area contributed by atoms with E-state index in [0.29, 0.717) is 12.3 Å². The Kier molecular flexibility index (Phi) is 3.82. The monoisotopic (exact) mass is 282 g/mol. The van der Waals surface area contributed by atoms with Crippen LogP contribution in [0.1, 0.15) is 38.1 Å². The second kappa shape index (κ2) is 5.92. The molecule has 1 aliphatic carbocycles. The van der Waals surface area contributed by atoms with Gasteiger partial charge in [-0.25, -0.2) is 9.97 Å². The molecule has 1 unspecified atom stereocenters. The number of nitrogens with two attached hydrogens (primary N) is 1. The van der Waals surface area contributed by atoms with Crippen LogP contribution in [0, 0.1) is 17.2 Å². The topological polar surface area (TPSA) is 93.4 Å². The average Bonchev–Trinajstić information content (AvgIpc) is 3.16. The molecule has 1 saturated carbocycles. The van der Waals surface area contributed by atoms with Gasteiger partial charge in [0.25, 0.3) is 0 Å². The van der Waals surface area contributed by atoms with Gasteiger partial charge in [-0.05, 0) is 24.8 Å². The Labute approximate surface area is 123 Å². The zero-order chi connectivity index (χ0) is 14.7. The van der Waals surface area contributed by atoms with Crippen LogP contribution in [0.4, 0.5) is 5.95 Å². The molecule has 1 atom stereocenters. The van der Waals surface area contributed by atoms with Crippen molar-refractivity contribution in [3.63, 3.8) is 0 Å². The number of nitriles is 1. The molecule has 0 aliphatic heterocycles. The first-order valence-electron chi connectivity index (χ1n) is 7.28. The highest BCUT2D eigenvalue weighted by Gasteiger charge is 2.27. The van der Waals surface area contributed by atoms with Gasteiger partial charge in [0.1, 0.15) is 0 Å². The number of nitrogens with zero attached hydrogens (tertiary/aromatic N) is 5. The predicted octanol–water partition coefficient (Wildman–Crippen LogP) is 2.57. The van der Waals surface area contributed by atoms with Crippen LogP contribution in [0.15, 0.2) is 24.7 Å². The Morgan fingerprint density at radius 1 is 1.43 bits per heavy atom. The molecule has 0 saturated heterocycles. The van der Waals surface area contributed by atoms with Crippen molar-refractivity contribution in [3.8, 4) is 17.3 Å². The quantitative estimate of drug-likeness (QED) is 0.930. The van der Waals surface area contributed by atoms with Crippen LogP contribution in [-0.2, 0) is 0 Å². The summed E-state index contributed by atoms with van der Waals surface area (Å²) in [4.78, 5) is 8.10. The summed E-state index contributed by atoms with van der Waals surface area (Å²) in [5.74, 6) is 0.803. The molecule has 6 heteroatoms. The third-order valence-electron chi connectivity index (χ3n) is 4.16. The van der Waals surface area contributed by atoms with Crippen molar-refractivity contribution >= 4 is 5.95 Å². The Morgan fingerprint density at radius 3 is 2.95 bits per heavy atom. The van der Waals surface area contributed by atoms with Gasteiger partial charge in [0, 0.05) is 18.0 Å². The van der Waals surface area contributed by atoms with Gasteiger partial charge in [0.2, 0.25) is 5.95 Å². The molecule has 3 rings (SSSR count). The minimum atomic E-state index is 0.158. The summed E-state index contributed by atoms with van der Waals surface area (Å²) in [5, 5.41) is 13.5. The van der Waals surface area contributed by atoms with Crippen LogP contribution in [0.3, 0.4) is 0 Å². The molecule has 0 spiro atoms. The van der Waals surface area contributed by atoms with Crippen molar-refractivity contribution in [2.24, 2.45) is 5.92 Å². The maximum absolute atomic E-state index is 9.09. The molecular formula is C15H18N6. The Bertz CT molecular complexity index is 650. The Hall–Kier alpha value is -2.42. The molecule has 2 heterocycles. The number of anilines is 1. The number of hydrogen-bond donors (Lipinski definition) is 1. The minimum absolute atomic E-state index is 0.158. The van der Waals surface area contributed by atoms with Gasteiger partial charge in [-0.1, -0.05) is 12.8 Å². The molecule has 1 fully saturated rings. The largest absolute Gasteiger partial charge is 0.368 e. The highest BCUT2D eigenvalue weighted by Crippen LogP contribution is 2.36. The van der Waals surface area contributed by atoms with Crippen molar-refractivity contribution in [1.29, 1.82) is 5.26 Å². The number of hydrogen-bond acceptors (Lipinski definition) is 5. The van der Waals surface area contributed by atoms with Crippen molar-refractivity contribution in [1.82, 2.24) is 19.7 Å². The predicted molar refractivity (Wildman–Crippen MR) is 78.9 cm³/mol. The van der Waals surface area contributed by atoms with E-state index in [0.717, 1.165) is 11.3 Å². The number of nitrogen functional groups attached to an aromatic ring is 1. The normalized spacial score (nSPS) is 16.7. The van der Waals surface area contributed by atoms with Gasteiger partial charge in [0.15, 0.2) is 0 Å². The fourth-order valence-electron chi connectivity index (χ4n) is 3.10. The minimum Gasteiger partial charge on any atom is -0.368 e. The standard InChI is InChI=1S/C15H18N6/c16-7-5-14(11-3-1-2-4-11)21-10-12(9-19-21)13-6-8-18-15(17)20-13/h6,8-11,14H,1-5H2,(H2,17,18,20). The zero-order valence-electron chi connectivity index (χ0n) is 11.8. The van der Waals surface area contributed by atoms with Gasteiger partial charge in [0.05, 0.1) is 30.4 Å². The van der Waals surface area contributed by atoms with E-state index in [1.807, 2.05) is 16.9 Å². The van der Waals surface area contributed by atoms with Crippen LogP contribution in [0.25, 0.3) is 11.3 Å². The molecule has 21 heavy (non-hydrogen) atoms. The third-order valence-corrected chi connectivity index (χ3v) is 4.16. The average molecular weight is 282 g/mol. The lowest BCUT2D eigenvalue weighted by Gasteiger charge is -2.21. The lowest BCUT2D eigenvalue weighted by molar-refractivity contribution is 0.315. The number of rotatable bonds is 4. The van der Waals surface area contributed by atoms with E-state index in [1.165, 1.54) is 25.7 Å². The van der Waals surface area contributed by atoms with E-state index in [9.17, 15) is 0 Å². The van der Waals surface area contributed by atoms with Crippen molar-refractivity contribution in [2.45, 2.75) is 38.1 Å². The number of aromatic nitrogens is 4. The first-order chi connectivity index (χ1) is 10.3. The Morgan fingerprint density at radius 2 is 2.24 bits per heavy atom. The second-order valence-electron chi connectivity index (χ2n) is 5.48. The first-order valence-corrected chi connectivity index (χ1v) is 7.28. The molecule has 1 aliphatic rings. The van der Waals surface area contributed by atoms with E-state index in [4.69, 9.17) is 11.0 Å². The highest BCUT2D eigenvalue weighted by atomic mass is 15.3. The van der Waals surface area contributed by atoms with Crippen LogP contribution in [0.2, 0.25) is 0 Å². The molecule has 2 N–H and O–H groups in total. The van der Waals surface area contributed by atoms with Crippen LogP contribution >= 0.6 is 0 Å². The van der Waals surface area contributed by atoms with Gasteiger partial charge in [-0.15, -0.1) is 0 Å². The zero-order valence-corrected chi connectivity index (χ0v) is 11.8. The second-order valence-corrected chi connectivity index (χ2v) is 5.48. The van der Waals surface area contributed by atoms with E-state index < -0.39 is 0 Å². The highest BCUT2D eigenvalue weighted by molar-refractivity contribution is 5.57. The lowest BCUT2D eigenvalue weighted by Crippen LogP contribution is -2.17. The molecule has 0 aromatic carbocycles. The first kappa shape index (κ1) is 13.6. The molecule has 2 aromatic heterocycles. The van der Waals surface area contributed by atoms with Gasteiger partial charge in [-0.3, -0.25) is 4.68 Å². The maximum Gasteiger partial charge on any atom is 0.220 e. The summed E-state index contributed by atoms with van der Waals surface area (Å²) in [6.07, 6.45) is 10.7. The van der Waals surface area contributed by atoms with Crippen LogP contribution in [-0.4, -0.2) is 19.7 Å². The molecule has 2 aromatic rings. The van der Waals surface area contributed by atoms with Gasteiger partial charge < -0.3 is 5.73 Å². The van der Waals surface area contributed by atoms with Gasteiger partial charge >= 0.3 is 0 Å². The van der Waals surface area contributed by atoms with Crippen molar-refractivity contribution < 1.29 is 0 Å². The van der Waals surface area contributed by atoms with E-state index in [2.05, 4.69) is 21.1 Å². The fourth-order valence-corrected chi connectivity index (χ4v) is 3.10. The summed E-state index contributed by atoms with van der Waals surface area (Å²) >= 11 is 0.